The lowest BCUT2D eigenvalue weighted by Crippen LogP contribution is -2.09. The summed E-state index contributed by atoms with van der Waals surface area (Å²) in [6, 6.07) is 11.1. The van der Waals surface area contributed by atoms with Gasteiger partial charge in [-0.15, -0.1) is 0 Å². The van der Waals surface area contributed by atoms with Gasteiger partial charge in [0.2, 0.25) is 5.43 Å². The molecule has 1 aromatic heterocycles. The molecule has 0 bridgehead atoms. The van der Waals surface area contributed by atoms with E-state index in [9.17, 15) is 15.0 Å². The van der Waals surface area contributed by atoms with Crippen molar-refractivity contribution in [1.29, 1.82) is 0 Å². The van der Waals surface area contributed by atoms with E-state index >= 15 is 0 Å². The molecule has 0 aliphatic rings. The zero-order valence-electron chi connectivity index (χ0n) is 20.5. The van der Waals surface area contributed by atoms with Gasteiger partial charge in [0.15, 0.2) is 0 Å². The molecule has 2 aromatic carbocycles. The SMILES string of the molecule is CC(C)=CCCC(C)=CCCC(C)=CCc1oc2cc(O)ccc2c(=O)c1-c1ccc(O)cc1. The molecule has 0 radical (unpaired) electrons. The van der Waals surface area contributed by atoms with Crippen LogP contribution in [0.25, 0.3) is 22.1 Å². The van der Waals surface area contributed by atoms with Gasteiger partial charge in [-0.05, 0) is 83.2 Å². The van der Waals surface area contributed by atoms with Crippen LogP contribution in [-0.4, -0.2) is 10.2 Å². The summed E-state index contributed by atoms with van der Waals surface area (Å²) in [5.41, 5.74) is 5.37. The maximum Gasteiger partial charge on any atom is 0.200 e. The Morgan fingerprint density at radius 1 is 0.824 bits per heavy atom. The van der Waals surface area contributed by atoms with Crippen molar-refractivity contribution in [3.63, 3.8) is 0 Å². The van der Waals surface area contributed by atoms with Crippen LogP contribution in [0.4, 0.5) is 0 Å². The third-order valence-corrected chi connectivity index (χ3v) is 5.86. The van der Waals surface area contributed by atoms with Crippen LogP contribution in [0, 0.1) is 0 Å². The van der Waals surface area contributed by atoms with Crippen molar-refractivity contribution in [1.82, 2.24) is 0 Å². The molecular formula is C30H34O4. The van der Waals surface area contributed by atoms with E-state index < -0.39 is 0 Å². The molecule has 0 unspecified atom stereocenters. The van der Waals surface area contributed by atoms with E-state index in [4.69, 9.17) is 4.42 Å². The zero-order valence-corrected chi connectivity index (χ0v) is 20.5. The minimum Gasteiger partial charge on any atom is -0.508 e. The number of phenolic OH excluding ortho intramolecular Hbond substituents is 2. The summed E-state index contributed by atoms with van der Waals surface area (Å²) < 4.78 is 6.11. The number of rotatable bonds is 9. The molecule has 178 valence electrons. The topological polar surface area (TPSA) is 70.7 Å². The molecule has 0 atom stereocenters. The molecule has 0 saturated carbocycles. The normalized spacial score (nSPS) is 12.2. The van der Waals surface area contributed by atoms with Crippen molar-refractivity contribution in [2.75, 3.05) is 0 Å². The average Bonchev–Trinajstić information content (AvgIpc) is 2.78. The molecule has 1 heterocycles. The first-order chi connectivity index (χ1) is 16.2. The van der Waals surface area contributed by atoms with Gasteiger partial charge in [0, 0.05) is 12.5 Å². The molecule has 0 aliphatic heterocycles. The van der Waals surface area contributed by atoms with E-state index in [1.807, 2.05) is 0 Å². The third-order valence-electron chi connectivity index (χ3n) is 5.86. The van der Waals surface area contributed by atoms with Gasteiger partial charge >= 0.3 is 0 Å². The standard InChI is InChI=1S/C30H34O4/c1-20(2)7-5-8-21(3)9-6-10-22(4)11-18-27-29(23-12-14-24(31)15-13-23)30(33)26-17-16-25(32)19-28(26)34-27/h7,9,11-17,19,31-32H,5-6,8,10,18H2,1-4H3. The molecule has 0 fully saturated rings. The van der Waals surface area contributed by atoms with Gasteiger partial charge < -0.3 is 14.6 Å². The highest BCUT2D eigenvalue weighted by molar-refractivity contribution is 5.84. The van der Waals surface area contributed by atoms with E-state index in [-0.39, 0.29) is 16.9 Å². The molecule has 0 saturated heterocycles. The van der Waals surface area contributed by atoms with Crippen LogP contribution < -0.4 is 5.43 Å². The van der Waals surface area contributed by atoms with Crippen molar-refractivity contribution < 1.29 is 14.6 Å². The quantitative estimate of drug-likeness (QED) is 0.321. The minimum atomic E-state index is -0.150. The average molecular weight is 459 g/mol. The molecule has 34 heavy (non-hydrogen) atoms. The van der Waals surface area contributed by atoms with Crippen molar-refractivity contribution in [3.8, 4) is 22.6 Å². The molecule has 4 nitrogen and oxygen atoms in total. The molecular weight excluding hydrogens is 424 g/mol. The molecule has 0 amide bonds. The fraction of sp³-hybridized carbons (Fsp3) is 0.300. The lowest BCUT2D eigenvalue weighted by atomic mass is 9.99. The molecule has 3 rings (SSSR count). The fourth-order valence-corrected chi connectivity index (χ4v) is 3.90. The van der Waals surface area contributed by atoms with Crippen LogP contribution in [0.5, 0.6) is 11.5 Å². The zero-order chi connectivity index (χ0) is 24.7. The number of hydrogen-bond donors (Lipinski definition) is 2. The monoisotopic (exact) mass is 458 g/mol. The summed E-state index contributed by atoms with van der Waals surface area (Å²) in [6.45, 7) is 8.53. The second kappa shape index (κ2) is 11.6. The number of fused-ring (bicyclic) bond motifs is 1. The van der Waals surface area contributed by atoms with Gasteiger partial charge in [-0.3, -0.25) is 4.79 Å². The summed E-state index contributed by atoms with van der Waals surface area (Å²) in [5.74, 6) is 0.736. The van der Waals surface area contributed by atoms with E-state index in [0.717, 1.165) is 25.7 Å². The number of hydrogen-bond acceptors (Lipinski definition) is 4. The number of aromatic hydroxyl groups is 2. The fourth-order valence-electron chi connectivity index (χ4n) is 3.90. The first kappa shape index (κ1) is 25.1. The Hall–Kier alpha value is -3.53. The molecule has 0 aliphatic carbocycles. The Bertz CT molecular complexity index is 1280. The first-order valence-corrected chi connectivity index (χ1v) is 11.8. The highest BCUT2D eigenvalue weighted by atomic mass is 16.3. The summed E-state index contributed by atoms with van der Waals surface area (Å²) in [6.07, 6.45) is 11.2. The van der Waals surface area contributed by atoms with E-state index in [1.54, 1.807) is 30.3 Å². The Kier molecular flexibility index (Phi) is 8.53. The van der Waals surface area contributed by atoms with E-state index in [0.29, 0.717) is 34.3 Å². The number of benzene rings is 2. The second-order valence-electron chi connectivity index (χ2n) is 9.12. The molecule has 3 aromatic rings. The first-order valence-electron chi connectivity index (χ1n) is 11.8. The van der Waals surface area contributed by atoms with Gasteiger partial charge in [-0.1, -0.05) is 47.1 Å². The molecule has 2 N–H and O–H groups in total. The molecule has 0 spiro atoms. The van der Waals surface area contributed by atoms with Gasteiger partial charge in [0.25, 0.3) is 0 Å². The third kappa shape index (κ3) is 6.74. The summed E-state index contributed by atoms with van der Waals surface area (Å²) in [4.78, 5) is 13.3. The molecule has 4 heteroatoms. The summed E-state index contributed by atoms with van der Waals surface area (Å²) in [7, 11) is 0. The lowest BCUT2D eigenvalue weighted by Gasteiger charge is -2.10. The predicted octanol–water partition coefficient (Wildman–Crippen LogP) is 7.83. The highest BCUT2D eigenvalue weighted by Gasteiger charge is 2.16. The van der Waals surface area contributed by atoms with Crippen LogP contribution in [-0.2, 0) is 6.42 Å². The Labute approximate surface area is 201 Å². The number of phenols is 2. The summed E-state index contributed by atoms with van der Waals surface area (Å²) >= 11 is 0. The van der Waals surface area contributed by atoms with Crippen LogP contribution in [0.1, 0.15) is 59.1 Å². The Morgan fingerprint density at radius 2 is 1.44 bits per heavy atom. The van der Waals surface area contributed by atoms with Crippen molar-refractivity contribution in [3.05, 3.63) is 93.4 Å². The van der Waals surface area contributed by atoms with Gasteiger partial charge in [0.1, 0.15) is 22.8 Å². The Balaban J connectivity index is 1.83. The van der Waals surface area contributed by atoms with Crippen molar-refractivity contribution in [2.45, 2.75) is 59.8 Å². The van der Waals surface area contributed by atoms with E-state index in [1.165, 1.54) is 28.9 Å². The van der Waals surface area contributed by atoms with Gasteiger partial charge in [0.05, 0.1) is 10.9 Å². The van der Waals surface area contributed by atoms with Crippen LogP contribution >= 0.6 is 0 Å². The number of allylic oxidation sites excluding steroid dienone is 6. The highest BCUT2D eigenvalue weighted by Crippen LogP contribution is 2.28. The van der Waals surface area contributed by atoms with Gasteiger partial charge in [-0.25, -0.2) is 0 Å². The lowest BCUT2D eigenvalue weighted by molar-refractivity contribution is 0.472. The van der Waals surface area contributed by atoms with Crippen molar-refractivity contribution in [2.24, 2.45) is 0 Å². The van der Waals surface area contributed by atoms with E-state index in [2.05, 4.69) is 45.9 Å². The van der Waals surface area contributed by atoms with Crippen LogP contribution in [0.3, 0.4) is 0 Å². The largest absolute Gasteiger partial charge is 0.508 e. The summed E-state index contributed by atoms with van der Waals surface area (Å²) in [5, 5.41) is 19.9. The predicted molar refractivity (Wildman–Crippen MR) is 140 cm³/mol. The van der Waals surface area contributed by atoms with Crippen LogP contribution in [0.15, 0.2) is 86.6 Å². The minimum absolute atomic E-state index is 0.0532. The maximum absolute atomic E-state index is 13.3. The second-order valence-corrected chi connectivity index (χ2v) is 9.12. The smallest absolute Gasteiger partial charge is 0.200 e. The maximum atomic E-state index is 13.3. The Morgan fingerprint density at radius 3 is 2.12 bits per heavy atom. The van der Waals surface area contributed by atoms with Crippen LogP contribution in [0.2, 0.25) is 0 Å². The van der Waals surface area contributed by atoms with Crippen molar-refractivity contribution >= 4 is 11.0 Å². The van der Waals surface area contributed by atoms with Gasteiger partial charge in [-0.2, -0.15) is 0 Å².